The monoisotopic (exact) mass is 380 g/mol. The maximum absolute atomic E-state index is 12.4. The maximum Gasteiger partial charge on any atom is 0.293 e. The molecule has 3 rings (SSSR count). The number of aryl methyl sites for hydroxylation is 1. The van der Waals surface area contributed by atoms with Crippen LogP contribution in [0.3, 0.4) is 0 Å². The zero-order valence-corrected chi connectivity index (χ0v) is 15.8. The molecule has 6 heteroatoms. The zero-order chi connectivity index (χ0) is 19.2. The molecule has 0 saturated carbocycles. The predicted molar refractivity (Wildman–Crippen MR) is 107 cm³/mol. The molecule has 1 fully saturated rings. The third-order valence-corrected chi connectivity index (χ3v) is 5.02. The van der Waals surface area contributed by atoms with Crippen LogP contribution in [-0.2, 0) is 16.0 Å². The Morgan fingerprint density at radius 2 is 1.78 bits per heavy atom. The Hall–Kier alpha value is -2.86. The van der Waals surface area contributed by atoms with Gasteiger partial charge in [0.15, 0.2) is 0 Å². The number of imide groups is 1. The molecule has 2 aromatic carbocycles. The molecule has 0 bridgehead atoms. The van der Waals surface area contributed by atoms with E-state index in [1.807, 2.05) is 61.5 Å². The Morgan fingerprint density at radius 3 is 2.48 bits per heavy atom. The van der Waals surface area contributed by atoms with Gasteiger partial charge in [-0.05, 0) is 35.9 Å². The van der Waals surface area contributed by atoms with Gasteiger partial charge in [-0.3, -0.25) is 19.3 Å². The summed E-state index contributed by atoms with van der Waals surface area (Å²) in [5, 5.41) is 2.45. The van der Waals surface area contributed by atoms with Gasteiger partial charge < -0.3 is 5.32 Å². The number of rotatable bonds is 6. The molecule has 5 nitrogen and oxygen atoms in total. The molecule has 0 aliphatic carbocycles. The van der Waals surface area contributed by atoms with Gasteiger partial charge in [0.05, 0.1) is 11.3 Å². The van der Waals surface area contributed by atoms with E-state index in [1.54, 1.807) is 6.08 Å². The fourth-order valence-corrected chi connectivity index (χ4v) is 3.52. The highest BCUT2D eigenvalue weighted by molar-refractivity contribution is 8.18. The van der Waals surface area contributed by atoms with Crippen LogP contribution >= 0.6 is 11.8 Å². The van der Waals surface area contributed by atoms with E-state index in [2.05, 4.69) is 5.32 Å². The minimum atomic E-state index is -0.318. The molecule has 0 spiro atoms. The van der Waals surface area contributed by atoms with E-state index in [1.165, 1.54) is 4.90 Å². The maximum atomic E-state index is 12.4. The van der Waals surface area contributed by atoms with Gasteiger partial charge in [-0.1, -0.05) is 60.2 Å². The van der Waals surface area contributed by atoms with Crippen molar-refractivity contribution in [3.05, 3.63) is 76.2 Å². The lowest BCUT2D eigenvalue weighted by atomic mass is 10.1. The van der Waals surface area contributed by atoms with E-state index in [0.717, 1.165) is 28.5 Å². The highest BCUT2D eigenvalue weighted by atomic mass is 32.2. The highest BCUT2D eigenvalue weighted by Gasteiger charge is 2.34. The average molecular weight is 380 g/mol. The molecule has 2 aromatic rings. The number of thioether (sulfide) groups is 1. The van der Waals surface area contributed by atoms with E-state index in [9.17, 15) is 14.4 Å². The standard InChI is InChI=1S/C21H20N2O3S/c1-15-7-9-17(10-8-15)14-19(24)22-11-12-23-20(25)18(27-21(23)26)13-16-5-3-2-4-6-16/h2-10,13H,11-12,14H2,1H3,(H,22,24)/b18-13-. The minimum absolute atomic E-state index is 0.134. The van der Waals surface area contributed by atoms with Crippen molar-refractivity contribution in [1.29, 1.82) is 0 Å². The topological polar surface area (TPSA) is 66.5 Å². The number of nitrogens with zero attached hydrogens (tertiary/aromatic N) is 1. The summed E-state index contributed by atoms with van der Waals surface area (Å²) in [7, 11) is 0. The Kier molecular flexibility index (Phi) is 6.08. The third-order valence-electron chi connectivity index (χ3n) is 4.11. The predicted octanol–water partition coefficient (Wildman–Crippen LogP) is 3.39. The molecule has 1 heterocycles. The fourth-order valence-electron chi connectivity index (χ4n) is 2.65. The summed E-state index contributed by atoms with van der Waals surface area (Å²) >= 11 is 0.925. The largest absolute Gasteiger partial charge is 0.354 e. The molecule has 3 amide bonds. The van der Waals surface area contributed by atoms with E-state index in [0.29, 0.717) is 4.91 Å². The van der Waals surface area contributed by atoms with Crippen LogP contribution in [0.15, 0.2) is 59.5 Å². The Labute approximate surface area is 162 Å². The van der Waals surface area contributed by atoms with E-state index >= 15 is 0 Å². The van der Waals surface area contributed by atoms with Crippen LogP contribution < -0.4 is 5.32 Å². The van der Waals surface area contributed by atoms with E-state index in [4.69, 9.17) is 0 Å². The first kappa shape index (κ1) is 18.9. The molecule has 0 unspecified atom stereocenters. The molecule has 1 saturated heterocycles. The lowest BCUT2D eigenvalue weighted by Crippen LogP contribution is -2.37. The van der Waals surface area contributed by atoms with Gasteiger partial charge in [0.2, 0.25) is 5.91 Å². The van der Waals surface area contributed by atoms with Crippen molar-refractivity contribution in [1.82, 2.24) is 10.2 Å². The second-order valence-corrected chi connectivity index (χ2v) is 7.25. The SMILES string of the molecule is Cc1ccc(CC(=O)NCCN2C(=O)S/C(=C\c3ccccc3)C2=O)cc1. The summed E-state index contributed by atoms with van der Waals surface area (Å²) < 4.78 is 0. The Bertz CT molecular complexity index is 876. The van der Waals surface area contributed by atoms with E-state index < -0.39 is 0 Å². The second kappa shape index (κ2) is 8.68. The quantitative estimate of drug-likeness (QED) is 0.780. The molecule has 1 aliphatic heterocycles. The minimum Gasteiger partial charge on any atom is -0.354 e. The average Bonchev–Trinajstić information content (AvgIpc) is 2.92. The van der Waals surface area contributed by atoms with Crippen LogP contribution in [0.25, 0.3) is 6.08 Å². The summed E-state index contributed by atoms with van der Waals surface area (Å²) in [4.78, 5) is 38.1. The Morgan fingerprint density at radius 1 is 1.07 bits per heavy atom. The molecule has 1 aliphatic rings. The first-order valence-electron chi connectivity index (χ1n) is 8.65. The van der Waals surface area contributed by atoms with Gasteiger partial charge in [0, 0.05) is 13.1 Å². The summed E-state index contributed by atoms with van der Waals surface area (Å²) in [5.41, 5.74) is 2.94. The summed E-state index contributed by atoms with van der Waals surface area (Å²) in [6, 6.07) is 17.1. The first-order valence-corrected chi connectivity index (χ1v) is 9.47. The number of hydrogen-bond donors (Lipinski definition) is 1. The van der Waals surface area contributed by atoms with Crippen LogP contribution in [0.1, 0.15) is 16.7 Å². The normalized spacial score (nSPS) is 15.4. The van der Waals surface area contributed by atoms with Crippen molar-refractivity contribution in [3.8, 4) is 0 Å². The van der Waals surface area contributed by atoms with Crippen molar-refractivity contribution < 1.29 is 14.4 Å². The van der Waals surface area contributed by atoms with Gasteiger partial charge in [0.25, 0.3) is 11.1 Å². The number of benzene rings is 2. The number of amides is 3. The lowest BCUT2D eigenvalue weighted by Gasteiger charge is -2.13. The van der Waals surface area contributed by atoms with Gasteiger partial charge >= 0.3 is 0 Å². The van der Waals surface area contributed by atoms with Crippen molar-refractivity contribution in [2.24, 2.45) is 0 Å². The van der Waals surface area contributed by atoms with Crippen LogP contribution in [-0.4, -0.2) is 35.0 Å². The molecule has 138 valence electrons. The molecule has 0 aromatic heterocycles. The van der Waals surface area contributed by atoms with Crippen LogP contribution in [0, 0.1) is 6.92 Å². The van der Waals surface area contributed by atoms with Crippen LogP contribution in [0.4, 0.5) is 4.79 Å². The number of carbonyl (C=O) groups excluding carboxylic acids is 3. The molecule has 0 atom stereocenters. The highest BCUT2D eigenvalue weighted by Crippen LogP contribution is 2.31. The Balaban J connectivity index is 1.51. The molecule has 0 radical (unpaired) electrons. The number of hydrogen-bond acceptors (Lipinski definition) is 4. The van der Waals surface area contributed by atoms with Crippen molar-refractivity contribution in [2.45, 2.75) is 13.3 Å². The fraction of sp³-hybridized carbons (Fsp3) is 0.190. The van der Waals surface area contributed by atoms with Crippen molar-refractivity contribution in [3.63, 3.8) is 0 Å². The van der Waals surface area contributed by atoms with Crippen molar-refractivity contribution >= 4 is 34.9 Å². The number of nitrogens with one attached hydrogen (secondary N) is 1. The zero-order valence-electron chi connectivity index (χ0n) is 15.0. The summed E-state index contributed by atoms with van der Waals surface area (Å²) in [5.74, 6) is -0.452. The van der Waals surface area contributed by atoms with E-state index in [-0.39, 0.29) is 36.6 Å². The third kappa shape index (κ3) is 5.08. The van der Waals surface area contributed by atoms with Gasteiger partial charge in [-0.15, -0.1) is 0 Å². The van der Waals surface area contributed by atoms with Gasteiger partial charge in [0.1, 0.15) is 0 Å². The summed E-state index contributed by atoms with van der Waals surface area (Å²) in [6.07, 6.45) is 1.98. The van der Waals surface area contributed by atoms with Gasteiger partial charge in [-0.2, -0.15) is 0 Å². The van der Waals surface area contributed by atoms with Crippen LogP contribution in [0.2, 0.25) is 0 Å². The molecule has 1 N–H and O–H groups in total. The smallest absolute Gasteiger partial charge is 0.293 e. The molecular formula is C21H20N2O3S. The van der Waals surface area contributed by atoms with Gasteiger partial charge in [-0.25, -0.2) is 0 Å². The number of carbonyl (C=O) groups is 3. The lowest BCUT2D eigenvalue weighted by molar-refractivity contribution is -0.124. The van der Waals surface area contributed by atoms with Crippen molar-refractivity contribution in [2.75, 3.05) is 13.1 Å². The molecular weight excluding hydrogens is 360 g/mol. The summed E-state index contributed by atoms with van der Waals surface area (Å²) in [6.45, 7) is 2.39. The first-order chi connectivity index (χ1) is 13.0. The second-order valence-electron chi connectivity index (χ2n) is 6.26. The van der Waals surface area contributed by atoms with Crippen LogP contribution in [0.5, 0.6) is 0 Å². The molecule has 27 heavy (non-hydrogen) atoms.